The van der Waals surface area contributed by atoms with Crippen molar-refractivity contribution < 1.29 is 13.0 Å². The summed E-state index contributed by atoms with van der Waals surface area (Å²) >= 11 is 0. The Labute approximate surface area is 76.1 Å². The first-order valence-corrected chi connectivity index (χ1v) is 2.25. The maximum atomic E-state index is 8.97. The van der Waals surface area contributed by atoms with Crippen molar-refractivity contribution in [2.45, 2.75) is 0 Å². The molecule has 0 saturated heterocycles. The Hall–Kier alpha value is 1.44. The summed E-state index contributed by atoms with van der Waals surface area (Å²) in [5.41, 5.74) is 0. The fraction of sp³-hybridized carbons (Fsp3) is 0. The topological polar surface area (TPSA) is 80.4 Å². The molecule has 0 aromatic heterocycles. The SMILES string of the molecule is NS(=O)(=O)O.[BaH2]. The van der Waals surface area contributed by atoms with Gasteiger partial charge in [0, 0.05) is 0 Å². The van der Waals surface area contributed by atoms with Crippen LogP contribution in [0.3, 0.4) is 0 Å². The van der Waals surface area contributed by atoms with E-state index in [1.807, 2.05) is 0 Å². The first-order valence-electron chi connectivity index (χ1n) is 0.752. The second kappa shape index (κ2) is 3.44. The van der Waals surface area contributed by atoms with Gasteiger partial charge in [-0.25, -0.2) is 5.14 Å². The van der Waals surface area contributed by atoms with Crippen molar-refractivity contribution in [2.75, 3.05) is 0 Å². The van der Waals surface area contributed by atoms with E-state index in [-0.39, 0.29) is 48.9 Å². The predicted octanol–water partition coefficient (Wildman–Crippen LogP) is -2.17. The van der Waals surface area contributed by atoms with Crippen molar-refractivity contribution >= 4 is 59.2 Å². The van der Waals surface area contributed by atoms with Crippen LogP contribution in [-0.2, 0) is 10.3 Å². The van der Waals surface area contributed by atoms with E-state index in [0.29, 0.717) is 0 Å². The van der Waals surface area contributed by atoms with Gasteiger partial charge in [0.1, 0.15) is 0 Å². The molecular weight excluding hydrogens is 231 g/mol. The maximum absolute atomic E-state index is 8.97. The summed E-state index contributed by atoms with van der Waals surface area (Å²) in [5, 5.41) is 3.88. The average Bonchev–Trinajstić information content (AvgIpc) is 0.722. The van der Waals surface area contributed by atoms with Crippen LogP contribution in [0.1, 0.15) is 0 Å². The molecule has 0 bridgehead atoms. The Kier molecular flexibility index (Phi) is 5.99. The summed E-state index contributed by atoms with van der Waals surface area (Å²) < 4.78 is 25.2. The molecule has 0 unspecified atom stereocenters. The van der Waals surface area contributed by atoms with Crippen molar-refractivity contribution in [3.05, 3.63) is 0 Å². The first-order chi connectivity index (χ1) is 2.00. The molecule has 0 aliphatic heterocycles. The third-order valence-electron chi connectivity index (χ3n) is 0. The van der Waals surface area contributed by atoms with Crippen molar-refractivity contribution in [1.29, 1.82) is 0 Å². The van der Waals surface area contributed by atoms with Gasteiger partial charge in [-0.15, -0.1) is 0 Å². The van der Waals surface area contributed by atoms with Crippen molar-refractivity contribution in [3.63, 3.8) is 0 Å². The molecule has 0 fully saturated rings. The summed E-state index contributed by atoms with van der Waals surface area (Å²) in [7, 11) is -4.17. The molecule has 0 rings (SSSR count). The summed E-state index contributed by atoms with van der Waals surface area (Å²) in [6.07, 6.45) is 0. The molecule has 0 atom stereocenters. The zero-order valence-electron chi connectivity index (χ0n) is 2.25. The molecule has 0 saturated carbocycles. The average molecular weight is 236 g/mol. The summed E-state index contributed by atoms with van der Waals surface area (Å²) in [5.74, 6) is 0. The van der Waals surface area contributed by atoms with E-state index in [0.717, 1.165) is 0 Å². The Bertz CT molecular complexity index is 94.0. The van der Waals surface area contributed by atoms with Crippen molar-refractivity contribution in [2.24, 2.45) is 5.14 Å². The molecule has 0 aliphatic rings. The summed E-state index contributed by atoms with van der Waals surface area (Å²) in [6.45, 7) is 0. The monoisotopic (exact) mass is 237 g/mol. The van der Waals surface area contributed by atoms with Gasteiger partial charge in [-0.3, -0.25) is 4.55 Å². The molecule has 0 aliphatic carbocycles. The van der Waals surface area contributed by atoms with Gasteiger partial charge in [-0.1, -0.05) is 0 Å². The van der Waals surface area contributed by atoms with Crippen molar-refractivity contribution in [3.8, 4) is 0 Å². The molecule has 6 heteroatoms. The van der Waals surface area contributed by atoms with E-state index in [2.05, 4.69) is 5.14 Å². The fourth-order valence-electron chi connectivity index (χ4n) is 0. The molecule has 0 aromatic rings. The number of nitrogens with two attached hydrogens (primary N) is 1. The van der Waals surface area contributed by atoms with Gasteiger partial charge in [0.25, 0.3) is 0 Å². The second-order valence-corrected chi connectivity index (χ2v) is 1.54. The Morgan fingerprint density at radius 1 is 1.50 bits per heavy atom. The van der Waals surface area contributed by atoms with Crippen LogP contribution in [-0.4, -0.2) is 61.9 Å². The summed E-state index contributed by atoms with van der Waals surface area (Å²) in [4.78, 5) is 0. The Balaban J connectivity index is 0. The van der Waals surface area contributed by atoms with Crippen molar-refractivity contribution in [1.82, 2.24) is 0 Å². The molecule has 0 spiro atoms. The van der Waals surface area contributed by atoms with E-state index in [9.17, 15) is 0 Å². The van der Waals surface area contributed by atoms with Gasteiger partial charge in [0.2, 0.25) is 0 Å². The van der Waals surface area contributed by atoms with Crippen LogP contribution < -0.4 is 5.14 Å². The molecule has 36 valence electrons. The van der Waals surface area contributed by atoms with E-state index in [1.54, 1.807) is 0 Å². The molecule has 6 heavy (non-hydrogen) atoms. The van der Waals surface area contributed by atoms with Gasteiger partial charge in [-0.05, 0) is 0 Å². The molecule has 0 aromatic carbocycles. The van der Waals surface area contributed by atoms with Gasteiger partial charge in [-0.2, -0.15) is 8.42 Å². The minimum absolute atomic E-state index is 0. The van der Waals surface area contributed by atoms with Gasteiger partial charge < -0.3 is 0 Å². The van der Waals surface area contributed by atoms with Crippen LogP contribution in [0.15, 0.2) is 0 Å². The molecule has 0 amide bonds. The van der Waals surface area contributed by atoms with Gasteiger partial charge in [0.05, 0.1) is 0 Å². The number of hydrogen-bond acceptors (Lipinski definition) is 2. The van der Waals surface area contributed by atoms with E-state index in [4.69, 9.17) is 13.0 Å². The molecule has 3 N–H and O–H groups in total. The van der Waals surface area contributed by atoms with Crippen LogP contribution in [0.5, 0.6) is 0 Å². The zero-order chi connectivity index (χ0) is 4.50. The normalized spacial score (nSPS) is 9.67. The number of hydrogen-bond donors (Lipinski definition) is 2. The van der Waals surface area contributed by atoms with E-state index in [1.165, 1.54) is 0 Å². The molecule has 0 heterocycles. The van der Waals surface area contributed by atoms with Gasteiger partial charge >= 0.3 is 59.2 Å². The quantitative estimate of drug-likeness (QED) is 0.371. The fourth-order valence-corrected chi connectivity index (χ4v) is 0. The van der Waals surface area contributed by atoms with Gasteiger partial charge in [0.15, 0.2) is 0 Å². The third kappa shape index (κ3) is 51.7. The number of rotatable bonds is 0. The summed E-state index contributed by atoms with van der Waals surface area (Å²) in [6, 6.07) is 0. The molecular formula is H5BaNO3S. The van der Waals surface area contributed by atoms with Crippen LogP contribution in [0.2, 0.25) is 0 Å². The van der Waals surface area contributed by atoms with E-state index < -0.39 is 10.3 Å². The Morgan fingerprint density at radius 3 is 1.50 bits per heavy atom. The standard InChI is InChI=1S/Ba.H3NO3S.2H/c;1-5(2,3)4;;/h;(H3,1,2,3,4);;. The second-order valence-electron chi connectivity index (χ2n) is 0.515. The molecule has 0 radical (unpaired) electrons. The van der Waals surface area contributed by atoms with E-state index >= 15 is 0 Å². The zero-order valence-corrected chi connectivity index (χ0v) is 3.07. The third-order valence-corrected chi connectivity index (χ3v) is 0. The van der Waals surface area contributed by atoms with Crippen LogP contribution in [0, 0.1) is 0 Å². The van der Waals surface area contributed by atoms with Crippen LogP contribution >= 0.6 is 0 Å². The van der Waals surface area contributed by atoms with Crippen LogP contribution in [0.25, 0.3) is 0 Å². The molecule has 4 nitrogen and oxygen atoms in total. The predicted molar refractivity (Wildman–Crippen MR) is 24.3 cm³/mol. The first kappa shape index (κ1) is 10.4. The Morgan fingerprint density at radius 2 is 1.50 bits per heavy atom. The van der Waals surface area contributed by atoms with Crippen LogP contribution in [0.4, 0.5) is 0 Å². The minimum atomic E-state index is -4.17.